The number of benzene rings is 1. The van der Waals surface area contributed by atoms with Crippen LogP contribution in [-0.4, -0.2) is 43.5 Å². The fourth-order valence-electron chi connectivity index (χ4n) is 2.86. The highest BCUT2D eigenvalue weighted by molar-refractivity contribution is 5.95. The van der Waals surface area contributed by atoms with Crippen molar-refractivity contribution in [2.45, 2.75) is 25.7 Å². The van der Waals surface area contributed by atoms with Crippen LogP contribution in [0.25, 0.3) is 0 Å². The van der Waals surface area contributed by atoms with Crippen molar-refractivity contribution in [1.82, 2.24) is 4.90 Å². The normalized spacial score (nSPS) is 18.2. The largest absolute Gasteiger partial charge is 0.491 e. The first-order valence-electron chi connectivity index (χ1n) is 7.45. The fourth-order valence-corrected chi connectivity index (χ4v) is 2.86. The van der Waals surface area contributed by atoms with Gasteiger partial charge in [-0.3, -0.25) is 9.59 Å². The lowest BCUT2D eigenvalue weighted by Crippen LogP contribution is -2.29. The van der Waals surface area contributed by atoms with Crippen molar-refractivity contribution < 1.29 is 14.3 Å². The summed E-state index contributed by atoms with van der Waals surface area (Å²) in [5.74, 6) is 0.911. The van der Waals surface area contributed by atoms with Gasteiger partial charge in [0.15, 0.2) is 0 Å². The van der Waals surface area contributed by atoms with E-state index in [2.05, 4.69) is 0 Å². The average molecular weight is 288 g/mol. The van der Waals surface area contributed by atoms with E-state index in [1.807, 2.05) is 23.1 Å². The van der Waals surface area contributed by atoms with Gasteiger partial charge in [-0.15, -0.1) is 0 Å². The maximum Gasteiger partial charge on any atom is 0.230 e. The first kappa shape index (κ1) is 13.9. The van der Waals surface area contributed by atoms with Gasteiger partial charge in [0.25, 0.3) is 0 Å². The van der Waals surface area contributed by atoms with Gasteiger partial charge in [-0.25, -0.2) is 0 Å². The lowest BCUT2D eigenvalue weighted by Gasteiger charge is -2.19. The third kappa shape index (κ3) is 2.86. The maximum atomic E-state index is 12.2. The molecule has 0 aromatic heterocycles. The van der Waals surface area contributed by atoms with Crippen LogP contribution in [0.1, 0.15) is 24.8 Å². The van der Waals surface area contributed by atoms with E-state index in [1.165, 1.54) is 0 Å². The Morgan fingerprint density at radius 1 is 1.29 bits per heavy atom. The first-order valence-corrected chi connectivity index (χ1v) is 7.45. The fraction of sp³-hybridized carbons (Fsp3) is 0.500. The number of carbonyl (C=O) groups excluding carboxylic acids is 2. The summed E-state index contributed by atoms with van der Waals surface area (Å²) in [5.41, 5.74) is 1.68. The Hall–Kier alpha value is -2.04. The Balaban J connectivity index is 1.80. The Morgan fingerprint density at radius 2 is 2.05 bits per heavy atom. The number of nitrogens with zero attached hydrogens (tertiary/aromatic N) is 2. The molecule has 1 fully saturated rings. The summed E-state index contributed by atoms with van der Waals surface area (Å²) in [6, 6.07) is 5.67. The first-order chi connectivity index (χ1) is 10.1. The predicted octanol–water partition coefficient (Wildman–Crippen LogP) is 1.60. The molecule has 1 aromatic carbocycles. The SMILES string of the molecule is CN1C(=O)CCOc2ccc(CC(=O)N3CCCC3)cc21. The second-order valence-corrected chi connectivity index (χ2v) is 5.62. The number of carbonyl (C=O) groups is 2. The van der Waals surface area contributed by atoms with Gasteiger partial charge >= 0.3 is 0 Å². The smallest absolute Gasteiger partial charge is 0.230 e. The molecule has 2 heterocycles. The number of ether oxygens (including phenoxy) is 1. The second kappa shape index (κ2) is 5.76. The van der Waals surface area contributed by atoms with Crippen molar-refractivity contribution in [3.8, 4) is 5.75 Å². The second-order valence-electron chi connectivity index (χ2n) is 5.62. The molecule has 0 radical (unpaired) electrons. The van der Waals surface area contributed by atoms with Crippen LogP contribution in [0.15, 0.2) is 18.2 Å². The van der Waals surface area contributed by atoms with Gasteiger partial charge in [-0.2, -0.15) is 0 Å². The van der Waals surface area contributed by atoms with Crippen LogP contribution in [-0.2, 0) is 16.0 Å². The highest BCUT2D eigenvalue weighted by Gasteiger charge is 2.22. The summed E-state index contributed by atoms with van der Waals surface area (Å²) in [7, 11) is 1.75. The number of amides is 2. The van der Waals surface area contributed by atoms with E-state index in [-0.39, 0.29) is 11.8 Å². The zero-order valence-electron chi connectivity index (χ0n) is 12.3. The lowest BCUT2D eigenvalue weighted by molar-refractivity contribution is -0.129. The molecule has 0 unspecified atom stereocenters. The van der Waals surface area contributed by atoms with E-state index < -0.39 is 0 Å². The Bertz CT molecular complexity index is 565. The highest BCUT2D eigenvalue weighted by atomic mass is 16.5. The van der Waals surface area contributed by atoms with Gasteiger partial charge in [0.2, 0.25) is 11.8 Å². The molecule has 21 heavy (non-hydrogen) atoms. The van der Waals surface area contributed by atoms with Gasteiger partial charge in [0.1, 0.15) is 5.75 Å². The van der Waals surface area contributed by atoms with Gasteiger partial charge in [-0.1, -0.05) is 6.07 Å². The van der Waals surface area contributed by atoms with Gasteiger partial charge in [-0.05, 0) is 30.5 Å². The van der Waals surface area contributed by atoms with Crippen molar-refractivity contribution in [3.63, 3.8) is 0 Å². The minimum Gasteiger partial charge on any atom is -0.491 e. The Labute approximate surface area is 124 Å². The molecule has 5 heteroatoms. The highest BCUT2D eigenvalue weighted by Crippen LogP contribution is 2.31. The summed E-state index contributed by atoms with van der Waals surface area (Å²) < 4.78 is 5.59. The molecule has 1 saturated heterocycles. The predicted molar refractivity (Wildman–Crippen MR) is 79.5 cm³/mol. The molecule has 5 nitrogen and oxygen atoms in total. The van der Waals surface area contributed by atoms with Crippen LogP contribution >= 0.6 is 0 Å². The molecule has 0 N–H and O–H groups in total. The zero-order chi connectivity index (χ0) is 14.8. The summed E-state index contributed by atoms with van der Waals surface area (Å²) in [5, 5.41) is 0. The van der Waals surface area contributed by atoms with Crippen molar-refractivity contribution in [2.75, 3.05) is 31.6 Å². The van der Waals surface area contributed by atoms with E-state index >= 15 is 0 Å². The van der Waals surface area contributed by atoms with Gasteiger partial charge in [0.05, 0.1) is 25.1 Å². The van der Waals surface area contributed by atoms with Crippen molar-refractivity contribution in [3.05, 3.63) is 23.8 Å². The van der Waals surface area contributed by atoms with Crippen LogP contribution in [0.4, 0.5) is 5.69 Å². The summed E-state index contributed by atoms with van der Waals surface area (Å²) in [4.78, 5) is 27.6. The summed E-state index contributed by atoms with van der Waals surface area (Å²) >= 11 is 0. The Kier molecular flexibility index (Phi) is 3.82. The average Bonchev–Trinajstić information content (AvgIpc) is 2.97. The zero-order valence-corrected chi connectivity index (χ0v) is 12.3. The number of fused-ring (bicyclic) bond motifs is 1. The summed E-state index contributed by atoms with van der Waals surface area (Å²) in [6.45, 7) is 2.14. The van der Waals surface area contributed by atoms with Crippen molar-refractivity contribution in [1.29, 1.82) is 0 Å². The molecule has 0 saturated carbocycles. The molecular weight excluding hydrogens is 268 g/mol. The minimum atomic E-state index is 0.0387. The number of anilines is 1. The molecule has 0 atom stereocenters. The third-order valence-electron chi connectivity index (χ3n) is 4.15. The standard InChI is InChI=1S/C16H20N2O3/c1-17-13-10-12(11-16(20)18-7-2-3-8-18)4-5-14(13)21-9-6-15(17)19/h4-5,10H,2-3,6-9,11H2,1H3. The topological polar surface area (TPSA) is 49.9 Å². The minimum absolute atomic E-state index is 0.0387. The number of likely N-dealkylation sites (tertiary alicyclic amines) is 1. The number of hydrogen-bond donors (Lipinski definition) is 0. The number of hydrogen-bond acceptors (Lipinski definition) is 3. The van der Waals surface area contributed by atoms with Crippen LogP contribution in [0.2, 0.25) is 0 Å². The van der Waals surface area contributed by atoms with E-state index in [0.717, 1.165) is 37.2 Å². The number of rotatable bonds is 2. The van der Waals surface area contributed by atoms with Crippen LogP contribution < -0.4 is 9.64 Å². The molecule has 3 rings (SSSR count). The molecule has 1 aromatic rings. The molecule has 0 aliphatic carbocycles. The molecular formula is C16H20N2O3. The third-order valence-corrected chi connectivity index (χ3v) is 4.15. The van der Waals surface area contributed by atoms with Gasteiger partial charge in [0, 0.05) is 20.1 Å². The molecule has 0 bridgehead atoms. The van der Waals surface area contributed by atoms with Crippen LogP contribution in [0, 0.1) is 0 Å². The van der Waals surface area contributed by atoms with Crippen molar-refractivity contribution in [2.24, 2.45) is 0 Å². The monoisotopic (exact) mass is 288 g/mol. The molecule has 2 amide bonds. The maximum absolute atomic E-state index is 12.2. The van der Waals surface area contributed by atoms with E-state index in [9.17, 15) is 9.59 Å². The van der Waals surface area contributed by atoms with Crippen LogP contribution in [0.5, 0.6) is 5.75 Å². The summed E-state index contributed by atoms with van der Waals surface area (Å²) in [6.07, 6.45) is 2.96. The van der Waals surface area contributed by atoms with E-state index in [1.54, 1.807) is 11.9 Å². The van der Waals surface area contributed by atoms with Gasteiger partial charge < -0.3 is 14.5 Å². The van der Waals surface area contributed by atoms with Crippen molar-refractivity contribution >= 4 is 17.5 Å². The van der Waals surface area contributed by atoms with E-state index in [4.69, 9.17) is 4.74 Å². The molecule has 2 aliphatic heterocycles. The molecule has 0 spiro atoms. The quantitative estimate of drug-likeness (QED) is 0.830. The van der Waals surface area contributed by atoms with Crippen LogP contribution in [0.3, 0.4) is 0 Å². The molecule has 2 aliphatic rings. The van der Waals surface area contributed by atoms with E-state index in [0.29, 0.717) is 25.2 Å². The Morgan fingerprint density at radius 3 is 2.81 bits per heavy atom. The molecule has 112 valence electrons. The lowest BCUT2D eigenvalue weighted by atomic mass is 10.1.